The number of hydrogen-bond donors (Lipinski definition) is 3. The molecule has 0 spiro atoms. The van der Waals surface area contributed by atoms with E-state index in [1.54, 1.807) is 14.2 Å². The Bertz CT molecular complexity index is 670. The second-order valence-corrected chi connectivity index (χ2v) is 12.0. The van der Waals surface area contributed by atoms with Gasteiger partial charge in [-0.2, -0.15) is 0 Å². The van der Waals surface area contributed by atoms with E-state index in [2.05, 4.69) is 19.2 Å². The molecular weight excluding hydrogens is 584 g/mol. The van der Waals surface area contributed by atoms with Crippen LogP contribution in [0.25, 0.3) is 0 Å². The van der Waals surface area contributed by atoms with Crippen molar-refractivity contribution in [2.75, 3.05) is 93.3 Å². The molecule has 0 bridgehead atoms. The molecule has 0 saturated carbocycles. The van der Waals surface area contributed by atoms with E-state index in [0.29, 0.717) is 65.9 Å². The summed E-state index contributed by atoms with van der Waals surface area (Å²) < 4.78 is 35.2. The van der Waals surface area contributed by atoms with Gasteiger partial charge < -0.3 is 49.3 Å². The molecule has 1 heterocycles. The van der Waals surface area contributed by atoms with Gasteiger partial charge in [0.1, 0.15) is 25.4 Å². The zero-order valence-corrected chi connectivity index (χ0v) is 29.1. The summed E-state index contributed by atoms with van der Waals surface area (Å²) in [5.74, 6) is -0.343. The maximum Gasteiger partial charge on any atom is 0.311 e. The van der Waals surface area contributed by atoms with Crippen molar-refractivity contribution < 1.29 is 47.9 Å². The second kappa shape index (κ2) is 31.2. The Morgan fingerprint density at radius 3 is 1.80 bits per heavy atom. The molecule has 1 fully saturated rings. The number of hydrogen-bond acceptors (Lipinski definition) is 12. The van der Waals surface area contributed by atoms with Gasteiger partial charge in [-0.25, -0.2) is 0 Å². The molecule has 0 aromatic carbocycles. The molecule has 1 rings (SSSR count). The Kier molecular flexibility index (Phi) is 33.3. The predicted molar refractivity (Wildman–Crippen MR) is 178 cm³/mol. The van der Waals surface area contributed by atoms with Crippen molar-refractivity contribution in [1.29, 1.82) is 0 Å². The lowest BCUT2D eigenvalue weighted by atomic mass is 9.87. The smallest absolute Gasteiger partial charge is 0.311 e. The summed E-state index contributed by atoms with van der Waals surface area (Å²) >= 11 is 0. The molecule has 12 heteroatoms. The van der Waals surface area contributed by atoms with Crippen LogP contribution in [0.1, 0.15) is 87.5 Å². The van der Waals surface area contributed by atoms with Gasteiger partial charge in [0.25, 0.3) is 0 Å². The number of nitrogens with two attached hydrogens (primary N) is 1. The summed E-state index contributed by atoms with van der Waals surface area (Å²) in [6.07, 6.45) is 5.39. The van der Waals surface area contributed by atoms with Gasteiger partial charge in [0.05, 0.1) is 57.1 Å². The number of carbonyl (C=O) groups is 2. The van der Waals surface area contributed by atoms with Crippen LogP contribution in [0, 0.1) is 10.8 Å². The zero-order valence-electron chi connectivity index (χ0n) is 29.1. The first-order valence-electron chi connectivity index (χ1n) is 16.1. The van der Waals surface area contributed by atoms with E-state index in [-0.39, 0.29) is 37.5 Å². The Morgan fingerprint density at radius 1 is 0.867 bits per heavy atom. The van der Waals surface area contributed by atoms with Gasteiger partial charge in [-0.15, -0.1) is 0 Å². The third-order valence-corrected chi connectivity index (χ3v) is 6.55. The molecule has 0 aliphatic carbocycles. The molecule has 2 unspecified atom stereocenters. The van der Waals surface area contributed by atoms with Crippen molar-refractivity contribution in [1.82, 2.24) is 5.32 Å². The highest BCUT2D eigenvalue weighted by Gasteiger charge is 2.31. The summed E-state index contributed by atoms with van der Waals surface area (Å²) in [4.78, 5) is 23.6. The molecule has 4 N–H and O–H groups in total. The van der Waals surface area contributed by atoms with Gasteiger partial charge in [-0.1, -0.05) is 47.0 Å². The van der Waals surface area contributed by atoms with Crippen LogP contribution in [0.3, 0.4) is 0 Å². The molecule has 1 aliphatic rings. The van der Waals surface area contributed by atoms with Gasteiger partial charge in [0.15, 0.2) is 0 Å². The average Bonchev–Trinajstić information content (AvgIpc) is 3.83. The molecule has 2 atom stereocenters. The summed E-state index contributed by atoms with van der Waals surface area (Å²) in [6.45, 7) is 18.3. The first kappa shape index (κ1) is 48.0. The van der Waals surface area contributed by atoms with E-state index in [9.17, 15) is 14.7 Å². The Morgan fingerprint density at radius 2 is 1.36 bits per heavy atom. The van der Waals surface area contributed by atoms with Crippen LogP contribution in [0.5, 0.6) is 0 Å². The maximum absolute atomic E-state index is 12.0. The third kappa shape index (κ3) is 31.0. The third-order valence-electron chi connectivity index (χ3n) is 6.55. The molecular formula is C33H70N2O10. The summed E-state index contributed by atoms with van der Waals surface area (Å²) in [6, 6.07) is 0. The minimum Gasteiger partial charge on any atom is -0.462 e. The van der Waals surface area contributed by atoms with Crippen LogP contribution in [-0.2, 0) is 42.7 Å². The number of aliphatic hydroxyl groups excluding tert-OH is 1. The Balaban J connectivity index is -0.000000653. The first-order valence-corrected chi connectivity index (χ1v) is 16.1. The Hall–Kier alpha value is -1.38. The fourth-order valence-corrected chi connectivity index (χ4v) is 3.38. The van der Waals surface area contributed by atoms with E-state index in [1.165, 1.54) is 0 Å². The zero-order chi connectivity index (χ0) is 33.7. The van der Waals surface area contributed by atoms with Crippen LogP contribution < -0.4 is 11.1 Å². The van der Waals surface area contributed by atoms with E-state index >= 15 is 0 Å². The van der Waals surface area contributed by atoms with Crippen molar-refractivity contribution in [2.24, 2.45) is 16.6 Å². The lowest BCUT2D eigenvalue weighted by molar-refractivity contribution is -0.157. The number of nitrogens with one attached hydrogen (secondary N) is 1. The normalized spacial score (nSPS) is 14.6. The van der Waals surface area contributed by atoms with Crippen LogP contribution in [-0.4, -0.2) is 123 Å². The number of epoxide rings is 1. The quantitative estimate of drug-likeness (QED) is 0.0744. The van der Waals surface area contributed by atoms with Crippen LogP contribution in [0.4, 0.5) is 0 Å². The van der Waals surface area contributed by atoms with Crippen molar-refractivity contribution >= 4 is 11.9 Å². The summed E-state index contributed by atoms with van der Waals surface area (Å²) in [5, 5.41) is 12.8. The van der Waals surface area contributed by atoms with Crippen LogP contribution in [0.15, 0.2) is 0 Å². The van der Waals surface area contributed by atoms with E-state index in [1.807, 2.05) is 27.7 Å². The highest BCUT2D eigenvalue weighted by molar-refractivity contribution is 5.76. The number of aliphatic hydroxyl groups is 1. The molecule has 12 nitrogen and oxygen atoms in total. The topological polar surface area (TPSA) is 160 Å². The summed E-state index contributed by atoms with van der Waals surface area (Å²) in [5.41, 5.74) is 4.31. The number of rotatable bonds is 25. The standard InChI is InChI=1S/C16H33NO5.C11H20O3.C5H13NO2.CH4/c1-5-6-7-16(2,3)15(19)22-13-14(18)12-17-8-9-21-11-10-20-4;1-4-5-6-11(2,3)10(12)14-8-9-7-13-9;1-7-4-5-8-3-2-6;/h14,17-18H,5-13H2,1-4H3;9H,4-8H2,1-3H3;2-6H2,1H3;1H4. The van der Waals surface area contributed by atoms with Gasteiger partial charge in [-0.05, 0) is 40.5 Å². The van der Waals surface area contributed by atoms with Gasteiger partial charge in [0.2, 0.25) is 0 Å². The minimum atomic E-state index is -0.704. The molecule has 45 heavy (non-hydrogen) atoms. The van der Waals surface area contributed by atoms with E-state index < -0.39 is 11.5 Å². The second-order valence-electron chi connectivity index (χ2n) is 12.0. The molecule has 1 aliphatic heterocycles. The van der Waals surface area contributed by atoms with Gasteiger partial charge >= 0.3 is 11.9 Å². The number of carbonyl (C=O) groups excluding carboxylic acids is 2. The predicted octanol–water partition coefficient (Wildman–Crippen LogP) is 3.75. The Labute approximate surface area is 274 Å². The maximum atomic E-state index is 12.0. The molecule has 1 saturated heterocycles. The minimum absolute atomic E-state index is 0. The van der Waals surface area contributed by atoms with Crippen molar-refractivity contribution in [3.63, 3.8) is 0 Å². The van der Waals surface area contributed by atoms with Crippen molar-refractivity contribution in [2.45, 2.75) is 99.7 Å². The molecule has 272 valence electrons. The molecule has 0 aromatic rings. The van der Waals surface area contributed by atoms with Gasteiger partial charge in [-0.3, -0.25) is 9.59 Å². The highest BCUT2D eigenvalue weighted by Crippen LogP contribution is 2.26. The lowest BCUT2D eigenvalue weighted by Crippen LogP contribution is -2.35. The van der Waals surface area contributed by atoms with Crippen molar-refractivity contribution in [3.8, 4) is 0 Å². The highest BCUT2D eigenvalue weighted by atomic mass is 16.6. The monoisotopic (exact) mass is 655 g/mol. The van der Waals surface area contributed by atoms with Gasteiger partial charge in [0, 0.05) is 33.9 Å². The number of unbranched alkanes of at least 4 members (excludes halogenated alkanes) is 2. The van der Waals surface area contributed by atoms with Crippen LogP contribution in [0.2, 0.25) is 0 Å². The van der Waals surface area contributed by atoms with E-state index in [4.69, 9.17) is 38.9 Å². The van der Waals surface area contributed by atoms with E-state index in [0.717, 1.165) is 45.1 Å². The largest absolute Gasteiger partial charge is 0.462 e. The van der Waals surface area contributed by atoms with Crippen LogP contribution >= 0.6 is 0 Å². The fourth-order valence-electron chi connectivity index (χ4n) is 3.38. The number of methoxy groups -OCH3 is 2. The first-order chi connectivity index (χ1) is 20.9. The molecule has 0 amide bonds. The molecule has 0 aromatic heterocycles. The average molecular weight is 655 g/mol. The SMILES string of the molecule is C.CCCCC(C)(C)C(=O)OCC(O)CNCCOCCOC.CCCCC(C)(C)C(=O)OCC1CO1.COCCOCCN. The lowest BCUT2D eigenvalue weighted by Gasteiger charge is -2.23. The molecule has 0 radical (unpaired) electrons. The van der Waals surface area contributed by atoms with Crippen molar-refractivity contribution in [3.05, 3.63) is 0 Å². The number of ether oxygens (including phenoxy) is 7. The fraction of sp³-hybridized carbons (Fsp3) is 0.939. The number of esters is 2. The summed E-state index contributed by atoms with van der Waals surface area (Å²) in [7, 11) is 3.27.